The van der Waals surface area contributed by atoms with Crippen molar-refractivity contribution in [3.8, 4) is 0 Å². The van der Waals surface area contributed by atoms with Gasteiger partial charge in [0.15, 0.2) is 5.84 Å². The molecule has 2 rings (SSSR count). The first-order valence-corrected chi connectivity index (χ1v) is 7.41. The molecular weight excluding hydrogens is 266 g/mol. The Kier molecular flexibility index (Phi) is 4.83. The standard InChI is InChI=1S/C16H23N3O2/c1-10-6-8-12(9-7-10)16(20)18-13-5-3-4-11(2)14(13)15(17)19-21/h3-5,10,12,21H,6-9H2,1-2H3,(H2,17,19)(H,18,20). The van der Waals surface area contributed by atoms with Crippen LogP contribution in [0.3, 0.4) is 0 Å². The van der Waals surface area contributed by atoms with Crippen molar-refractivity contribution in [3.05, 3.63) is 29.3 Å². The average Bonchev–Trinajstić information content (AvgIpc) is 2.47. The summed E-state index contributed by atoms with van der Waals surface area (Å²) in [5.74, 6) is 0.808. The van der Waals surface area contributed by atoms with Gasteiger partial charge in [0, 0.05) is 11.5 Å². The van der Waals surface area contributed by atoms with Crippen LogP contribution < -0.4 is 11.1 Å². The Balaban J connectivity index is 2.16. The van der Waals surface area contributed by atoms with Crippen molar-refractivity contribution in [1.29, 1.82) is 0 Å². The highest BCUT2D eigenvalue weighted by Gasteiger charge is 2.25. The van der Waals surface area contributed by atoms with Gasteiger partial charge in [0.25, 0.3) is 0 Å². The molecule has 0 atom stereocenters. The third-order valence-electron chi connectivity index (χ3n) is 4.28. The number of amides is 1. The van der Waals surface area contributed by atoms with Gasteiger partial charge in [-0.15, -0.1) is 0 Å². The van der Waals surface area contributed by atoms with E-state index in [0.29, 0.717) is 17.2 Å². The number of hydrogen-bond acceptors (Lipinski definition) is 3. The third-order valence-corrected chi connectivity index (χ3v) is 4.28. The van der Waals surface area contributed by atoms with E-state index in [1.165, 1.54) is 0 Å². The molecule has 1 fully saturated rings. The first-order chi connectivity index (χ1) is 10.0. The SMILES string of the molecule is Cc1cccc(NC(=O)C2CCC(C)CC2)c1/C(N)=N/O. The highest BCUT2D eigenvalue weighted by molar-refractivity contribution is 6.06. The van der Waals surface area contributed by atoms with Gasteiger partial charge in [0.1, 0.15) is 0 Å². The third kappa shape index (κ3) is 3.54. The van der Waals surface area contributed by atoms with E-state index in [9.17, 15) is 4.79 Å². The first kappa shape index (κ1) is 15.4. The molecule has 5 nitrogen and oxygen atoms in total. The number of carbonyl (C=O) groups excluding carboxylic acids is 1. The fourth-order valence-corrected chi connectivity index (χ4v) is 2.92. The molecule has 0 spiro atoms. The van der Waals surface area contributed by atoms with Crippen LogP contribution >= 0.6 is 0 Å². The second-order valence-electron chi connectivity index (χ2n) is 5.93. The van der Waals surface area contributed by atoms with Crippen molar-refractivity contribution in [2.75, 3.05) is 5.32 Å². The van der Waals surface area contributed by atoms with Gasteiger partial charge < -0.3 is 16.3 Å². The van der Waals surface area contributed by atoms with Crippen molar-refractivity contribution in [1.82, 2.24) is 0 Å². The van der Waals surface area contributed by atoms with Crippen molar-refractivity contribution >= 4 is 17.4 Å². The lowest BCUT2D eigenvalue weighted by molar-refractivity contribution is -0.121. The number of nitrogens with two attached hydrogens (primary N) is 1. The predicted molar refractivity (Wildman–Crippen MR) is 83.4 cm³/mol. The molecule has 0 saturated heterocycles. The van der Waals surface area contributed by atoms with Gasteiger partial charge in [-0.25, -0.2) is 0 Å². The lowest BCUT2D eigenvalue weighted by atomic mass is 9.82. The van der Waals surface area contributed by atoms with Gasteiger partial charge in [-0.2, -0.15) is 0 Å². The molecule has 0 aromatic heterocycles. The van der Waals surface area contributed by atoms with Crippen LogP contribution in [0.15, 0.2) is 23.4 Å². The summed E-state index contributed by atoms with van der Waals surface area (Å²) in [6, 6.07) is 5.50. The number of amidine groups is 1. The number of nitrogens with zero attached hydrogens (tertiary/aromatic N) is 1. The average molecular weight is 289 g/mol. The second kappa shape index (κ2) is 6.61. The number of benzene rings is 1. The van der Waals surface area contributed by atoms with Crippen LogP contribution in [0.5, 0.6) is 0 Å². The minimum absolute atomic E-state index is 0.0145. The summed E-state index contributed by atoms with van der Waals surface area (Å²) in [5, 5.41) is 14.9. The summed E-state index contributed by atoms with van der Waals surface area (Å²) in [6.45, 7) is 4.09. The molecule has 1 saturated carbocycles. The van der Waals surface area contributed by atoms with E-state index < -0.39 is 0 Å². The van der Waals surface area contributed by atoms with Crippen LogP contribution in [0, 0.1) is 18.8 Å². The molecule has 1 aliphatic carbocycles. The molecule has 4 N–H and O–H groups in total. The topological polar surface area (TPSA) is 87.7 Å². The number of hydrogen-bond donors (Lipinski definition) is 3. The molecule has 0 radical (unpaired) electrons. The van der Waals surface area contributed by atoms with Gasteiger partial charge in [-0.3, -0.25) is 4.79 Å². The molecule has 0 heterocycles. The molecular formula is C16H23N3O2. The minimum Gasteiger partial charge on any atom is -0.409 e. The monoisotopic (exact) mass is 289 g/mol. The molecule has 114 valence electrons. The Bertz CT molecular complexity index is 546. The quantitative estimate of drug-likeness (QED) is 0.346. The van der Waals surface area contributed by atoms with E-state index in [2.05, 4.69) is 17.4 Å². The van der Waals surface area contributed by atoms with Gasteiger partial charge in [-0.05, 0) is 50.2 Å². The van der Waals surface area contributed by atoms with Crippen LogP contribution in [0.1, 0.15) is 43.7 Å². The molecule has 0 unspecified atom stereocenters. The van der Waals surface area contributed by atoms with Crippen LogP contribution in [0.25, 0.3) is 0 Å². The van der Waals surface area contributed by atoms with Gasteiger partial charge in [0.2, 0.25) is 5.91 Å². The Labute approximate surface area is 125 Å². The summed E-state index contributed by atoms with van der Waals surface area (Å²) >= 11 is 0. The zero-order valence-corrected chi connectivity index (χ0v) is 12.6. The smallest absolute Gasteiger partial charge is 0.227 e. The summed E-state index contributed by atoms with van der Waals surface area (Å²) in [7, 11) is 0. The molecule has 0 aliphatic heterocycles. The maximum Gasteiger partial charge on any atom is 0.227 e. The molecule has 1 amide bonds. The minimum atomic E-state index is 0.0145. The normalized spacial score (nSPS) is 22.9. The number of anilines is 1. The fourth-order valence-electron chi connectivity index (χ4n) is 2.92. The Hall–Kier alpha value is -2.04. The van der Waals surface area contributed by atoms with Crippen molar-refractivity contribution in [2.24, 2.45) is 22.7 Å². The second-order valence-corrected chi connectivity index (χ2v) is 5.93. The van der Waals surface area contributed by atoms with Gasteiger partial charge in [-0.1, -0.05) is 24.2 Å². The summed E-state index contributed by atoms with van der Waals surface area (Å²) < 4.78 is 0. The molecule has 0 bridgehead atoms. The van der Waals surface area contributed by atoms with E-state index in [1.54, 1.807) is 6.07 Å². The first-order valence-electron chi connectivity index (χ1n) is 7.41. The Morgan fingerprint density at radius 1 is 1.33 bits per heavy atom. The number of rotatable bonds is 3. The van der Waals surface area contributed by atoms with Crippen LogP contribution in [-0.2, 0) is 4.79 Å². The van der Waals surface area contributed by atoms with E-state index in [1.807, 2.05) is 19.1 Å². The Morgan fingerprint density at radius 2 is 2.00 bits per heavy atom. The maximum atomic E-state index is 12.4. The predicted octanol–water partition coefficient (Wildman–Crippen LogP) is 2.85. The summed E-state index contributed by atoms with van der Waals surface area (Å²) in [4.78, 5) is 12.4. The number of aryl methyl sites for hydroxylation is 1. The van der Waals surface area contributed by atoms with Crippen molar-refractivity contribution in [2.45, 2.75) is 39.5 Å². The molecule has 1 aromatic carbocycles. The number of oxime groups is 1. The van der Waals surface area contributed by atoms with E-state index in [4.69, 9.17) is 10.9 Å². The number of carbonyl (C=O) groups is 1. The lowest BCUT2D eigenvalue weighted by Crippen LogP contribution is -2.28. The van der Waals surface area contributed by atoms with Crippen LogP contribution in [-0.4, -0.2) is 17.0 Å². The van der Waals surface area contributed by atoms with Crippen molar-refractivity contribution < 1.29 is 10.0 Å². The van der Waals surface area contributed by atoms with Crippen LogP contribution in [0.2, 0.25) is 0 Å². The summed E-state index contributed by atoms with van der Waals surface area (Å²) in [5.41, 5.74) is 7.76. The van der Waals surface area contributed by atoms with Gasteiger partial charge in [0.05, 0.1) is 5.69 Å². The maximum absolute atomic E-state index is 12.4. The van der Waals surface area contributed by atoms with E-state index in [-0.39, 0.29) is 17.7 Å². The van der Waals surface area contributed by atoms with E-state index in [0.717, 1.165) is 31.2 Å². The highest BCUT2D eigenvalue weighted by Crippen LogP contribution is 2.29. The van der Waals surface area contributed by atoms with Crippen molar-refractivity contribution in [3.63, 3.8) is 0 Å². The Morgan fingerprint density at radius 3 is 2.62 bits per heavy atom. The number of nitrogens with one attached hydrogen (secondary N) is 1. The molecule has 21 heavy (non-hydrogen) atoms. The lowest BCUT2D eigenvalue weighted by Gasteiger charge is -2.25. The largest absolute Gasteiger partial charge is 0.409 e. The summed E-state index contributed by atoms with van der Waals surface area (Å²) in [6.07, 6.45) is 4.05. The fraction of sp³-hybridized carbons (Fsp3) is 0.500. The molecule has 5 heteroatoms. The zero-order chi connectivity index (χ0) is 15.4. The van der Waals surface area contributed by atoms with E-state index >= 15 is 0 Å². The highest BCUT2D eigenvalue weighted by atomic mass is 16.4. The molecule has 1 aromatic rings. The zero-order valence-electron chi connectivity index (χ0n) is 12.6. The van der Waals surface area contributed by atoms with Crippen LogP contribution in [0.4, 0.5) is 5.69 Å². The molecule has 1 aliphatic rings. The van der Waals surface area contributed by atoms with Gasteiger partial charge >= 0.3 is 0 Å².